The van der Waals surface area contributed by atoms with Gasteiger partial charge in [0.1, 0.15) is 6.33 Å². The molecule has 0 bridgehead atoms. The molecule has 0 spiro atoms. The van der Waals surface area contributed by atoms with Gasteiger partial charge in [0.05, 0.1) is 33.7 Å². The first-order chi connectivity index (χ1) is 17.6. The lowest BCUT2D eigenvalue weighted by Gasteiger charge is -2.10. The van der Waals surface area contributed by atoms with Crippen molar-refractivity contribution in [3.05, 3.63) is 105 Å². The van der Waals surface area contributed by atoms with E-state index in [0.717, 1.165) is 47.5 Å². The standard InChI is InChI=1S/C26H23Cl2N7O/c1-2-3-7-19-16-34(25-21(27)9-6-10-22(25)28)26(36)33(19)15-18-12-13-23(29-14-18)20-8-4-5-11-24(20)35-17-30-31-32-35/h4-6,8-14,16-17H,2-3,7,15H2,1H3. The van der Waals surface area contributed by atoms with Crippen molar-refractivity contribution in [3.8, 4) is 22.6 Å². The van der Waals surface area contributed by atoms with Gasteiger partial charge in [0, 0.05) is 23.7 Å². The molecule has 0 atom stereocenters. The number of benzene rings is 2. The van der Waals surface area contributed by atoms with Gasteiger partial charge in [0.2, 0.25) is 0 Å². The van der Waals surface area contributed by atoms with Crippen molar-refractivity contribution in [2.24, 2.45) is 0 Å². The maximum absolute atomic E-state index is 13.5. The lowest BCUT2D eigenvalue weighted by molar-refractivity contribution is 0.672. The van der Waals surface area contributed by atoms with Gasteiger partial charge in [-0.2, -0.15) is 4.68 Å². The van der Waals surface area contributed by atoms with Gasteiger partial charge >= 0.3 is 5.69 Å². The number of nitrogens with zero attached hydrogens (tertiary/aromatic N) is 7. The van der Waals surface area contributed by atoms with Crippen LogP contribution in [0.5, 0.6) is 0 Å². The molecule has 3 aromatic heterocycles. The third-order valence-corrected chi connectivity index (χ3v) is 6.58. The molecule has 0 N–H and O–H groups in total. The van der Waals surface area contributed by atoms with Gasteiger partial charge in [-0.15, -0.1) is 5.10 Å². The summed E-state index contributed by atoms with van der Waals surface area (Å²) in [6.45, 7) is 2.51. The van der Waals surface area contributed by atoms with Crippen LogP contribution in [-0.2, 0) is 13.0 Å². The van der Waals surface area contributed by atoms with Gasteiger partial charge in [-0.1, -0.05) is 66.9 Å². The van der Waals surface area contributed by atoms with E-state index in [0.29, 0.717) is 22.3 Å². The first kappa shape index (κ1) is 24.0. The van der Waals surface area contributed by atoms with E-state index in [1.165, 1.54) is 0 Å². The zero-order valence-corrected chi connectivity index (χ0v) is 21.1. The molecule has 0 saturated heterocycles. The minimum absolute atomic E-state index is 0.191. The predicted octanol–water partition coefficient (Wildman–Crippen LogP) is 5.37. The molecule has 0 aliphatic heterocycles. The Balaban J connectivity index is 1.49. The number of aryl methyl sites for hydroxylation is 1. The number of aromatic nitrogens is 7. The fourth-order valence-electron chi connectivity index (χ4n) is 4.15. The van der Waals surface area contributed by atoms with Crippen molar-refractivity contribution in [1.82, 2.24) is 34.3 Å². The van der Waals surface area contributed by atoms with Crippen LogP contribution in [0.25, 0.3) is 22.6 Å². The second-order valence-electron chi connectivity index (χ2n) is 8.36. The molecule has 8 nitrogen and oxygen atoms in total. The summed E-state index contributed by atoms with van der Waals surface area (Å²) in [5.41, 5.74) is 4.64. The van der Waals surface area contributed by atoms with Gasteiger partial charge in [-0.3, -0.25) is 14.1 Å². The second-order valence-corrected chi connectivity index (χ2v) is 9.17. The molecule has 182 valence electrons. The second kappa shape index (κ2) is 10.5. The summed E-state index contributed by atoms with van der Waals surface area (Å²) in [5.74, 6) is 0. The fourth-order valence-corrected chi connectivity index (χ4v) is 4.73. The smallest absolute Gasteiger partial charge is 0.292 e. The third-order valence-electron chi connectivity index (χ3n) is 5.97. The molecule has 0 radical (unpaired) electrons. The van der Waals surface area contributed by atoms with Crippen molar-refractivity contribution in [3.63, 3.8) is 0 Å². The average molecular weight is 520 g/mol. The predicted molar refractivity (Wildman–Crippen MR) is 140 cm³/mol. The van der Waals surface area contributed by atoms with Crippen LogP contribution in [-0.4, -0.2) is 34.3 Å². The average Bonchev–Trinajstić information content (AvgIpc) is 3.53. The number of unbranched alkanes of at least 4 members (excludes halogenated alkanes) is 1. The van der Waals surface area contributed by atoms with Crippen LogP contribution in [0, 0.1) is 0 Å². The van der Waals surface area contributed by atoms with E-state index in [-0.39, 0.29) is 5.69 Å². The van der Waals surface area contributed by atoms with Gasteiger partial charge in [0.25, 0.3) is 0 Å². The van der Waals surface area contributed by atoms with Gasteiger partial charge < -0.3 is 0 Å². The summed E-state index contributed by atoms with van der Waals surface area (Å²) in [4.78, 5) is 18.2. The number of para-hydroxylation sites is 2. The molecule has 3 heterocycles. The Labute approximate surface area is 217 Å². The zero-order valence-electron chi connectivity index (χ0n) is 19.6. The van der Waals surface area contributed by atoms with E-state index in [2.05, 4.69) is 27.4 Å². The van der Waals surface area contributed by atoms with Crippen LogP contribution >= 0.6 is 23.2 Å². The molecule has 0 amide bonds. The lowest BCUT2D eigenvalue weighted by Crippen LogP contribution is -2.25. The maximum atomic E-state index is 13.5. The van der Waals surface area contributed by atoms with Crippen LogP contribution in [0.3, 0.4) is 0 Å². The molecule has 0 fully saturated rings. The summed E-state index contributed by atoms with van der Waals surface area (Å²) in [6, 6.07) is 16.9. The molecule has 0 aliphatic rings. The van der Waals surface area contributed by atoms with E-state index in [9.17, 15) is 4.79 Å². The zero-order chi connectivity index (χ0) is 25.1. The van der Waals surface area contributed by atoms with E-state index in [1.807, 2.05) is 42.6 Å². The van der Waals surface area contributed by atoms with Crippen molar-refractivity contribution >= 4 is 23.2 Å². The monoisotopic (exact) mass is 519 g/mol. The van der Waals surface area contributed by atoms with E-state index < -0.39 is 0 Å². The van der Waals surface area contributed by atoms with E-state index in [4.69, 9.17) is 23.2 Å². The highest BCUT2D eigenvalue weighted by Crippen LogP contribution is 2.28. The van der Waals surface area contributed by atoms with Gasteiger partial charge in [-0.25, -0.2) is 4.79 Å². The Morgan fingerprint density at radius 3 is 2.47 bits per heavy atom. The Morgan fingerprint density at radius 1 is 0.972 bits per heavy atom. The molecule has 2 aromatic carbocycles. The number of hydrogen-bond donors (Lipinski definition) is 0. The van der Waals surface area contributed by atoms with Crippen LogP contribution in [0.2, 0.25) is 10.0 Å². The summed E-state index contributed by atoms with van der Waals surface area (Å²) < 4.78 is 4.91. The van der Waals surface area contributed by atoms with Crippen molar-refractivity contribution < 1.29 is 0 Å². The summed E-state index contributed by atoms with van der Waals surface area (Å²) in [5, 5.41) is 12.3. The van der Waals surface area contributed by atoms with Crippen LogP contribution in [0.1, 0.15) is 31.0 Å². The maximum Gasteiger partial charge on any atom is 0.333 e. The Morgan fingerprint density at radius 2 is 1.78 bits per heavy atom. The molecular formula is C26H23Cl2N7O. The Kier molecular flexibility index (Phi) is 6.97. The van der Waals surface area contributed by atoms with E-state index >= 15 is 0 Å². The van der Waals surface area contributed by atoms with Crippen molar-refractivity contribution in [1.29, 1.82) is 0 Å². The number of tetrazole rings is 1. The highest BCUT2D eigenvalue weighted by molar-refractivity contribution is 6.37. The molecule has 0 saturated carbocycles. The molecular weight excluding hydrogens is 497 g/mol. The first-order valence-corrected chi connectivity index (χ1v) is 12.4. The third kappa shape index (κ3) is 4.69. The number of pyridine rings is 1. The molecule has 10 heteroatoms. The summed E-state index contributed by atoms with van der Waals surface area (Å²) in [6.07, 6.45) is 7.93. The van der Waals surface area contributed by atoms with Crippen LogP contribution < -0.4 is 5.69 Å². The minimum atomic E-state index is -0.191. The highest BCUT2D eigenvalue weighted by atomic mass is 35.5. The molecule has 5 aromatic rings. The normalized spacial score (nSPS) is 11.2. The topological polar surface area (TPSA) is 83.4 Å². The molecule has 36 heavy (non-hydrogen) atoms. The Hall–Kier alpha value is -3.75. The summed E-state index contributed by atoms with van der Waals surface area (Å²) in [7, 11) is 0. The Bertz CT molecular complexity index is 1520. The number of imidazole rings is 1. The lowest BCUT2D eigenvalue weighted by atomic mass is 10.1. The number of hydrogen-bond acceptors (Lipinski definition) is 5. The SMILES string of the molecule is CCCCc1cn(-c2c(Cl)cccc2Cl)c(=O)n1Cc1ccc(-c2ccccc2-n2cnnn2)nc1. The van der Waals surface area contributed by atoms with Crippen LogP contribution in [0.15, 0.2) is 78.1 Å². The van der Waals surface area contributed by atoms with Crippen LogP contribution in [0.4, 0.5) is 0 Å². The first-order valence-electron chi connectivity index (χ1n) is 11.6. The van der Waals surface area contributed by atoms with Crippen molar-refractivity contribution in [2.45, 2.75) is 32.7 Å². The summed E-state index contributed by atoms with van der Waals surface area (Å²) >= 11 is 12.8. The molecule has 0 unspecified atom stereocenters. The quantitative estimate of drug-likeness (QED) is 0.275. The fraction of sp³-hybridized carbons (Fsp3) is 0.192. The van der Waals surface area contributed by atoms with Gasteiger partial charge in [-0.05, 0) is 53.1 Å². The molecule has 5 rings (SSSR count). The van der Waals surface area contributed by atoms with Gasteiger partial charge in [0.15, 0.2) is 0 Å². The number of halogens is 2. The van der Waals surface area contributed by atoms with Crippen molar-refractivity contribution in [2.75, 3.05) is 0 Å². The highest BCUT2D eigenvalue weighted by Gasteiger charge is 2.17. The van der Waals surface area contributed by atoms with E-state index in [1.54, 1.807) is 44.5 Å². The minimum Gasteiger partial charge on any atom is -0.292 e. The largest absolute Gasteiger partial charge is 0.333 e. The number of rotatable bonds is 8. The molecule has 0 aliphatic carbocycles.